The maximum atomic E-state index is 11.6. The molecule has 0 rings (SSSR count). The molecule has 156 valence electrons. The van der Waals surface area contributed by atoms with Gasteiger partial charge in [0.2, 0.25) is 5.91 Å². The number of aliphatic hydroxyl groups is 1. The summed E-state index contributed by atoms with van der Waals surface area (Å²) in [6.45, 7) is 2.94. The van der Waals surface area contributed by atoms with Crippen LogP contribution in [0.25, 0.3) is 0 Å². The SMILES string of the molecule is CO[Si](CCCNCCCCCCNC(=O)CCCCCO)(OC)OC. The van der Waals surface area contributed by atoms with Crippen LogP contribution in [0.5, 0.6) is 0 Å². The van der Waals surface area contributed by atoms with E-state index in [0.29, 0.717) is 6.42 Å². The largest absolute Gasteiger partial charge is 0.500 e. The van der Waals surface area contributed by atoms with Crippen LogP contribution in [0.1, 0.15) is 57.8 Å². The molecule has 0 aromatic rings. The van der Waals surface area contributed by atoms with Crippen molar-refractivity contribution in [2.75, 3.05) is 47.6 Å². The number of unbranched alkanes of at least 4 members (excludes halogenated alkanes) is 5. The molecule has 26 heavy (non-hydrogen) atoms. The predicted octanol–water partition coefficient (Wildman–Crippen LogP) is 2.07. The number of carbonyl (C=O) groups is 1. The van der Waals surface area contributed by atoms with E-state index in [1.807, 2.05) is 0 Å². The van der Waals surface area contributed by atoms with E-state index in [2.05, 4.69) is 10.6 Å². The second-order valence-electron chi connectivity index (χ2n) is 6.45. The molecule has 0 aromatic heterocycles. The van der Waals surface area contributed by atoms with E-state index in [1.54, 1.807) is 21.3 Å². The zero-order valence-electron chi connectivity index (χ0n) is 17.0. The Morgan fingerprint density at radius 2 is 1.38 bits per heavy atom. The van der Waals surface area contributed by atoms with Gasteiger partial charge in [0.25, 0.3) is 0 Å². The molecule has 0 unspecified atom stereocenters. The quantitative estimate of drug-likeness (QED) is 0.230. The fourth-order valence-corrected chi connectivity index (χ4v) is 4.45. The van der Waals surface area contributed by atoms with Crippen LogP contribution in [0.4, 0.5) is 0 Å². The number of hydrogen-bond donors (Lipinski definition) is 3. The minimum Gasteiger partial charge on any atom is -0.396 e. The summed E-state index contributed by atoms with van der Waals surface area (Å²) >= 11 is 0. The van der Waals surface area contributed by atoms with E-state index >= 15 is 0 Å². The Morgan fingerprint density at radius 1 is 0.808 bits per heavy atom. The molecule has 8 heteroatoms. The van der Waals surface area contributed by atoms with Gasteiger partial charge in [0.1, 0.15) is 0 Å². The minimum atomic E-state index is -2.42. The normalized spacial score (nSPS) is 11.7. The molecule has 0 bridgehead atoms. The van der Waals surface area contributed by atoms with E-state index in [-0.39, 0.29) is 12.5 Å². The summed E-state index contributed by atoms with van der Waals surface area (Å²) in [7, 11) is 2.52. The van der Waals surface area contributed by atoms with Crippen molar-refractivity contribution in [1.82, 2.24) is 10.6 Å². The molecule has 0 atom stereocenters. The Kier molecular flexibility index (Phi) is 17.5. The van der Waals surface area contributed by atoms with Crippen molar-refractivity contribution in [3.05, 3.63) is 0 Å². The van der Waals surface area contributed by atoms with Crippen LogP contribution in [-0.2, 0) is 18.1 Å². The van der Waals surface area contributed by atoms with Crippen molar-refractivity contribution in [3.8, 4) is 0 Å². The van der Waals surface area contributed by atoms with Crippen LogP contribution in [0.15, 0.2) is 0 Å². The Bertz CT molecular complexity index is 322. The van der Waals surface area contributed by atoms with Crippen molar-refractivity contribution < 1.29 is 23.2 Å². The topological polar surface area (TPSA) is 89.1 Å². The molecule has 0 spiro atoms. The van der Waals surface area contributed by atoms with Crippen LogP contribution in [-0.4, -0.2) is 67.4 Å². The molecular weight excluding hydrogens is 352 g/mol. The third kappa shape index (κ3) is 13.7. The van der Waals surface area contributed by atoms with Crippen LogP contribution in [0.3, 0.4) is 0 Å². The molecule has 0 aromatic carbocycles. The summed E-state index contributed by atoms with van der Waals surface area (Å²) in [4.78, 5) is 11.6. The molecule has 1 amide bonds. The lowest BCUT2D eigenvalue weighted by molar-refractivity contribution is -0.121. The predicted molar refractivity (Wildman–Crippen MR) is 106 cm³/mol. The van der Waals surface area contributed by atoms with Gasteiger partial charge in [-0.25, -0.2) is 0 Å². The number of carbonyl (C=O) groups excluding carboxylic acids is 1. The molecule has 0 aliphatic rings. The Balaban J connectivity index is 3.35. The summed E-state index contributed by atoms with van der Waals surface area (Å²) in [5, 5.41) is 15.1. The lowest BCUT2D eigenvalue weighted by Gasteiger charge is -2.24. The number of hydrogen-bond acceptors (Lipinski definition) is 6. The highest BCUT2D eigenvalue weighted by Gasteiger charge is 2.36. The highest BCUT2D eigenvalue weighted by molar-refractivity contribution is 6.60. The van der Waals surface area contributed by atoms with Gasteiger partial charge in [-0.15, -0.1) is 0 Å². The zero-order chi connectivity index (χ0) is 19.5. The van der Waals surface area contributed by atoms with Crippen molar-refractivity contribution in [3.63, 3.8) is 0 Å². The first kappa shape index (κ1) is 25.5. The molecule has 0 fully saturated rings. The first-order valence-corrected chi connectivity index (χ1v) is 11.8. The number of aliphatic hydroxyl groups excluding tert-OH is 1. The monoisotopic (exact) mass is 392 g/mol. The summed E-state index contributed by atoms with van der Waals surface area (Å²) < 4.78 is 16.2. The third-order valence-electron chi connectivity index (χ3n) is 4.43. The molecular formula is C18H40N2O5Si. The van der Waals surface area contributed by atoms with Crippen LogP contribution in [0.2, 0.25) is 6.04 Å². The summed E-state index contributed by atoms with van der Waals surface area (Å²) in [5.74, 6) is 0.132. The smallest absolute Gasteiger partial charge is 0.396 e. The first-order valence-electron chi connectivity index (χ1n) is 9.88. The lowest BCUT2D eigenvalue weighted by Crippen LogP contribution is -2.43. The first-order chi connectivity index (χ1) is 12.6. The fraction of sp³-hybridized carbons (Fsp3) is 0.944. The minimum absolute atomic E-state index is 0.132. The number of rotatable bonds is 19. The Hall–Kier alpha value is -0.513. The second-order valence-corrected chi connectivity index (χ2v) is 9.54. The van der Waals surface area contributed by atoms with Crippen LogP contribution in [0, 0.1) is 0 Å². The van der Waals surface area contributed by atoms with E-state index in [1.165, 1.54) is 6.42 Å². The van der Waals surface area contributed by atoms with E-state index in [4.69, 9.17) is 18.4 Å². The number of nitrogens with one attached hydrogen (secondary N) is 2. The molecule has 0 aliphatic carbocycles. The molecule has 0 aliphatic heterocycles. The van der Waals surface area contributed by atoms with Gasteiger partial charge < -0.3 is 29.0 Å². The molecule has 7 nitrogen and oxygen atoms in total. The summed E-state index contributed by atoms with van der Waals surface area (Å²) in [6.07, 6.45) is 8.61. The van der Waals surface area contributed by atoms with Gasteiger partial charge in [-0.1, -0.05) is 19.3 Å². The van der Waals surface area contributed by atoms with Crippen molar-refractivity contribution >= 4 is 14.7 Å². The third-order valence-corrected chi connectivity index (χ3v) is 7.27. The highest BCUT2D eigenvalue weighted by Crippen LogP contribution is 2.14. The average Bonchev–Trinajstić information content (AvgIpc) is 2.67. The van der Waals surface area contributed by atoms with Crippen LogP contribution >= 0.6 is 0 Å². The van der Waals surface area contributed by atoms with Crippen molar-refractivity contribution in [2.24, 2.45) is 0 Å². The summed E-state index contributed by atoms with van der Waals surface area (Å²) in [6, 6.07) is 0.823. The fourth-order valence-electron chi connectivity index (χ4n) is 2.73. The van der Waals surface area contributed by atoms with Crippen molar-refractivity contribution in [2.45, 2.75) is 63.8 Å². The highest BCUT2D eigenvalue weighted by atomic mass is 28.4. The molecule has 0 heterocycles. The average molecular weight is 393 g/mol. The zero-order valence-corrected chi connectivity index (χ0v) is 18.0. The van der Waals surface area contributed by atoms with E-state index in [0.717, 1.165) is 70.6 Å². The molecule has 3 N–H and O–H groups in total. The van der Waals surface area contributed by atoms with E-state index in [9.17, 15) is 4.79 Å². The van der Waals surface area contributed by atoms with Crippen LogP contribution < -0.4 is 10.6 Å². The number of amides is 1. The van der Waals surface area contributed by atoms with Crippen molar-refractivity contribution in [1.29, 1.82) is 0 Å². The Labute approximate surface area is 160 Å². The van der Waals surface area contributed by atoms with Gasteiger partial charge in [-0.2, -0.15) is 0 Å². The standard InChI is InChI=1S/C18H40N2O5Si/c1-23-26(24-2,25-3)17-11-14-19-13-8-4-5-9-15-20-18(22)12-7-6-10-16-21/h19,21H,4-17H2,1-3H3,(H,20,22). The van der Waals surface area contributed by atoms with Gasteiger partial charge in [0.05, 0.1) is 0 Å². The van der Waals surface area contributed by atoms with Gasteiger partial charge >= 0.3 is 8.80 Å². The maximum Gasteiger partial charge on any atom is 0.500 e. The van der Waals surface area contributed by atoms with Gasteiger partial charge in [0.15, 0.2) is 0 Å². The lowest BCUT2D eigenvalue weighted by atomic mass is 10.1. The summed E-state index contributed by atoms with van der Waals surface area (Å²) in [5.41, 5.74) is 0. The maximum absolute atomic E-state index is 11.6. The Morgan fingerprint density at radius 3 is 2.00 bits per heavy atom. The molecule has 0 radical (unpaired) electrons. The second kappa shape index (κ2) is 17.9. The molecule has 0 saturated carbocycles. The van der Waals surface area contributed by atoms with Gasteiger partial charge in [-0.3, -0.25) is 4.79 Å². The van der Waals surface area contributed by atoms with E-state index < -0.39 is 8.80 Å². The molecule has 0 saturated heterocycles. The van der Waals surface area contributed by atoms with Gasteiger partial charge in [-0.05, 0) is 45.2 Å². The van der Waals surface area contributed by atoms with Gasteiger partial charge in [0, 0.05) is 46.9 Å².